The normalized spacial score (nSPS) is 20.1. The fraction of sp³-hybridized carbons (Fsp3) is 0.368. The third kappa shape index (κ3) is 3.16. The number of imidazole rings is 1. The monoisotopic (exact) mass is 340 g/mol. The lowest BCUT2D eigenvalue weighted by atomic mass is 10.2. The van der Waals surface area contributed by atoms with Crippen LogP contribution in [0, 0.1) is 0 Å². The molecule has 0 radical (unpaired) electrons. The third-order valence-electron chi connectivity index (χ3n) is 4.57. The van der Waals surface area contributed by atoms with Crippen molar-refractivity contribution in [2.75, 3.05) is 11.9 Å². The van der Waals surface area contributed by atoms with Gasteiger partial charge in [-0.05, 0) is 44.4 Å². The number of nitrogens with zero attached hydrogens (tertiary/aromatic N) is 3. The van der Waals surface area contributed by atoms with Crippen molar-refractivity contribution in [3.8, 4) is 17.1 Å². The summed E-state index contributed by atoms with van der Waals surface area (Å²) in [4.78, 5) is 9.10. The lowest BCUT2D eigenvalue weighted by molar-refractivity contribution is 0.323. The predicted molar refractivity (Wildman–Crippen MR) is 95.7 cm³/mol. The molecule has 6 heteroatoms. The van der Waals surface area contributed by atoms with E-state index in [-0.39, 0.29) is 6.04 Å². The first-order valence-electron chi connectivity index (χ1n) is 8.72. The van der Waals surface area contributed by atoms with Crippen LogP contribution in [0.4, 0.5) is 10.2 Å². The van der Waals surface area contributed by atoms with Crippen molar-refractivity contribution in [2.24, 2.45) is 0 Å². The van der Waals surface area contributed by atoms with E-state index in [4.69, 9.17) is 4.74 Å². The highest BCUT2D eigenvalue weighted by molar-refractivity contribution is 5.62. The number of alkyl halides is 1. The molecule has 4 rings (SSSR count). The summed E-state index contributed by atoms with van der Waals surface area (Å²) in [6, 6.07) is 9.43. The molecule has 1 fully saturated rings. The Hall–Kier alpha value is -2.63. The molecule has 130 valence electrons. The molecular weight excluding hydrogens is 319 g/mol. The molecule has 0 amide bonds. The largest absolute Gasteiger partial charge is 0.494 e. The van der Waals surface area contributed by atoms with E-state index in [1.165, 1.54) is 0 Å². The van der Waals surface area contributed by atoms with Gasteiger partial charge in [0.25, 0.3) is 0 Å². The summed E-state index contributed by atoms with van der Waals surface area (Å²) in [6.07, 6.45) is 5.34. The van der Waals surface area contributed by atoms with Crippen LogP contribution in [0.25, 0.3) is 17.0 Å². The van der Waals surface area contributed by atoms with Gasteiger partial charge in [-0.3, -0.25) is 4.40 Å². The molecule has 5 nitrogen and oxygen atoms in total. The van der Waals surface area contributed by atoms with Crippen LogP contribution >= 0.6 is 0 Å². The highest BCUT2D eigenvalue weighted by atomic mass is 19.1. The standard InChI is InChI=1S/C19H21FN4O/c1-2-25-13-9-10-24-17(12-21-19(24)11-13)16-7-4-8-18(23-16)22-15-6-3-5-14(15)20/h4,7-12,14-15H,2-3,5-6H2,1H3,(H,22,23)/t14-,15-/m0/s1. The summed E-state index contributed by atoms with van der Waals surface area (Å²) in [5.74, 6) is 1.50. The van der Waals surface area contributed by atoms with Crippen molar-refractivity contribution >= 4 is 11.5 Å². The van der Waals surface area contributed by atoms with Gasteiger partial charge in [0.15, 0.2) is 0 Å². The number of fused-ring (bicyclic) bond motifs is 1. The van der Waals surface area contributed by atoms with Crippen molar-refractivity contribution in [2.45, 2.75) is 38.4 Å². The summed E-state index contributed by atoms with van der Waals surface area (Å²) in [7, 11) is 0. The van der Waals surface area contributed by atoms with E-state index in [9.17, 15) is 4.39 Å². The van der Waals surface area contributed by atoms with Gasteiger partial charge in [0.1, 0.15) is 23.4 Å². The Bertz CT molecular complexity index is 879. The van der Waals surface area contributed by atoms with Crippen LogP contribution in [0.15, 0.2) is 42.7 Å². The maximum Gasteiger partial charge on any atom is 0.140 e. The zero-order valence-electron chi connectivity index (χ0n) is 14.2. The van der Waals surface area contributed by atoms with Crippen molar-refractivity contribution in [1.29, 1.82) is 0 Å². The molecule has 0 spiro atoms. The molecule has 0 aromatic carbocycles. The molecule has 1 aliphatic carbocycles. The first-order chi connectivity index (χ1) is 12.2. The van der Waals surface area contributed by atoms with E-state index < -0.39 is 6.17 Å². The SMILES string of the molecule is CCOc1ccn2c(-c3cccc(N[C@H]4CCC[C@@H]4F)n3)cnc2c1. The van der Waals surface area contributed by atoms with Gasteiger partial charge in [-0.25, -0.2) is 14.4 Å². The van der Waals surface area contributed by atoms with Crippen LogP contribution in [0.5, 0.6) is 5.75 Å². The minimum absolute atomic E-state index is 0.140. The summed E-state index contributed by atoms with van der Waals surface area (Å²) in [5, 5.41) is 3.23. The lowest BCUT2D eigenvalue weighted by Crippen LogP contribution is -2.25. The molecule has 0 saturated heterocycles. The van der Waals surface area contributed by atoms with Crippen LogP contribution in [-0.2, 0) is 0 Å². The Balaban J connectivity index is 1.63. The van der Waals surface area contributed by atoms with Gasteiger partial charge in [-0.15, -0.1) is 0 Å². The van der Waals surface area contributed by atoms with Crippen molar-refractivity contribution in [1.82, 2.24) is 14.4 Å². The number of ether oxygens (including phenoxy) is 1. The molecule has 3 aromatic rings. The van der Waals surface area contributed by atoms with Crippen molar-refractivity contribution < 1.29 is 9.13 Å². The minimum atomic E-state index is -0.793. The zero-order chi connectivity index (χ0) is 17.2. The fourth-order valence-corrected chi connectivity index (χ4v) is 3.33. The maximum atomic E-state index is 13.8. The van der Waals surface area contributed by atoms with Gasteiger partial charge < -0.3 is 10.1 Å². The summed E-state index contributed by atoms with van der Waals surface area (Å²) >= 11 is 0. The average molecular weight is 340 g/mol. The Morgan fingerprint density at radius 2 is 2.24 bits per heavy atom. The number of rotatable bonds is 5. The molecular formula is C19H21FN4O. The molecule has 1 N–H and O–H groups in total. The second kappa shape index (κ2) is 6.70. The minimum Gasteiger partial charge on any atom is -0.494 e. The Morgan fingerprint density at radius 3 is 3.04 bits per heavy atom. The van der Waals surface area contributed by atoms with Gasteiger partial charge in [0.2, 0.25) is 0 Å². The summed E-state index contributed by atoms with van der Waals surface area (Å²) in [5.41, 5.74) is 2.50. The molecule has 2 atom stereocenters. The second-order valence-electron chi connectivity index (χ2n) is 6.27. The van der Waals surface area contributed by atoms with E-state index >= 15 is 0 Å². The smallest absolute Gasteiger partial charge is 0.140 e. The molecule has 0 bridgehead atoms. The van der Waals surface area contributed by atoms with Gasteiger partial charge in [-0.2, -0.15) is 0 Å². The quantitative estimate of drug-likeness (QED) is 0.760. The van der Waals surface area contributed by atoms with Crippen LogP contribution in [0.3, 0.4) is 0 Å². The molecule has 3 aromatic heterocycles. The first kappa shape index (κ1) is 15.9. The second-order valence-corrected chi connectivity index (χ2v) is 6.27. The number of hydrogen-bond acceptors (Lipinski definition) is 4. The van der Waals surface area contributed by atoms with Gasteiger partial charge in [0.05, 0.1) is 30.2 Å². The molecule has 25 heavy (non-hydrogen) atoms. The average Bonchev–Trinajstić information content (AvgIpc) is 3.22. The Kier molecular flexibility index (Phi) is 4.26. The molecule has 0 unspecified atom stereocenters. The number of nitrogens with one attached hydrogen (secondary N) is 1. The Labute approximate surface area is 145 Å². The molecule has 3 heterocycles. The maximum absolute atomic E-state index is 13.8. The molecule has 1 saturated carbocycles. The Morgan fingerprint density at radius 1 is 1.32 bits per heavy atom. The summed E-state index contributed by atoms with van der Waals surface area (Å²) in [6.45, 7) is 2.58. The number of anilines is 1. The van der Waals surface area contributed by atoms with E-state index in [1.807, 2.05) is 47.9 Å². The van der Waals surface area contributed by atoms with Crippen LogP contribution in [0.2, 0.25) is 0 Å². The fourth-order valence-electron chi connectivity index (χ4n) is 3.33. The van der Waals surface area contributed by atoms with Crippen molar-refractivity contribution in [3.05, 3.63) is 42.7 Å². The topological polar surface area (TPSA) is 51.5 Å². The first-order valence-corrected chi connectivity index (χ1v) is 8.72. The highest BCUT2D eigenvalue weighted by Crippen LogP contribution is 2.27. The van der Waals surface area contributed by atoms with Crippen LogP contribution in [0.1, 0.15) is 26.2 Å². The highest BCUT2D eigenvalue weighted by Gasteiger charge is 2.27. The number of aromatic nitrogens is 3. The van der Waals surface area contributed by atoms with Gasteiger partial charge in [0, 0.05) is 12.3 Å². The third-order valence-corrected chi connectivity index (χ3v) is 4.57. The number of hydrogen-bond donors (Lipinski definition) is 1. The summed E-state index contributed by atoms with van der Waals surface area (Å²) < 4.78 is 21.3. The van der Waals surface area contributed by atoms with Gasteiger partial charge >= 0.3 is 0 Å². The number of halogens is 1. The number of pyridine rings is 2. The van der Waals surface area contributed by atoms with Gasteiger partial charge in [-0.1, -0.05) is 6.07 Å². The van der Waals surface area contributed by atoms with E-state index in [0.29, 0.717) is 18.8 Å². The molecule has 1 aliphatic rings. The predicted octanol–water partition coefficient (Wildman–Crippen LogP) is 4.10. The lowest BCUT2D eigenvalue weighted by Gasteiger charge is -2.16. The van der Waals surface area contributed by atoms with E-state index in [1.54, 1.807) is 6.20 Å². The van der Waals surface area contributed by atoms with Crippen LogP contribution in [-0.4, -0.2) is 33.2 Å². The van der Waals surface area contributed by atoms with E-state index in [2.05, 4.69) is 15.3 Å². The zero-order valence-corrected chi connectivity index (χ0v) is 14.2. The molecule has 0 aliphatic heterocycles. The van der Waals surface area contributed by atoms with Crippen molar-refractivity contribution in [3.63, 3.8) is 0 Å². The van der Waals surface area contributed by atoms with Crippen LogP contribution < -0.4 is 10.1 Å². The van der Waals surface area contributed by atoms with E-state index in [0.717, 1.165) is 35.6 Å².